The molecule has 0 bridgehead atoms. The lowest BCUT2D eigenvalue weighted by atomic mass is 9.98. The number of methoxy groups -OCH3 is 2. The SMILES string of the molecule is COC(=O)[C@H](Cc1ccccc1OC)NC(=O)OCC1c2ccccc2-c2ccccc21. The molecule has 6 nitrogen and oxygen atoms in total. The second-order valence-corrected chi connectivity index (χ2v) is 7.56. The fourth-order valence-electron chi connectivity index (χ4n) is 4.21. The summed E-state index contributed by atoms with van der Waals surface area (Å²) >= 11 is 0. The first-order chi connectivity index (χ1) is 15.6. The molecule has 164 valence electrons. The third-order valence-electron chi connectivity index (χ3n) is 5.74. The van der Waals surface area contributed by atoms with E-state index in [-0.39, 0.29) is 18.9 Å². The van der Waals surface area contributed by atoms with Crippen molar-refractivity contribution in [1.82, 2.24) is 5.32 Å². The first-order valence-corrected chi connectivity index (χ1v) is 10.4. The minimum Gasteiger partial charge on any atom is -0.496 e. The van der Waals surface area contributed by atoms with Gasteiger partial charge in [0.1, 0.15) is 18.4 Å². The number of rotatable bonds is 7. The Kier molecular flexibility index (Phi) is 6.40. The number of carbonyl (C=O) groups excluding carboxylic acids is 2. The summed E-state index contributed by atoms with van der Waals surface area (Å²) in [5, 5.41) is 2.65. The van der Waals surface area contributed by atoms with Crippen molar-refractivity contribution in [1.29, 1.82) is 0 Å². The lowest BCUT2D eigenvalue weighted by Gasteiger charge is -2.19. The van der Waals surface area contributed by atoms with E-state index in [0.29, 0.717) is 5.75 Å². The van der Waals surface area contributed by atoms with E-state index in [9.17, 15) is 9.59 Å². The minimum atomic E-state index is -0.896. The van der Waals surface area contributed by atoms with Crippen LogP contribution >= 0.6 is 0 Å². The van der Waals surface area contributed by atoms with E-state index >= 15 is 0 Å². The zero-order valence-corrected chi connectivity index (χ0v) is 18.0. The number of benzene rings is 3. The Morgan fingerprint density at radius 3 is 2.09 bits per heavy atom. The molecule has 0 aromatic heterocycles. The summed E-state index contributed by atoms with van der Waals surface area (Å²) in [5.74, 6) is 0.0269. The maximum absolute atomic E-state index is 12.6. The molecule has 0 heterocycles. The summed E-state index contributed by atoms with van der Waals surface area (Å²) in [4.78, 5) is 24.9. The number of amides is 1. The lowest BCUT2D eigenvalue weighted by Crippen LogP contribution is -2.43. The van der Waals surface area contributed by atoms with Gasteiger partial charge in [-0.05, 0) is 33.9 Å². The van der Waals surface area contributed by atoms with Crippen LogP contribution in [0.4, 0.5) is 4.79 Å². The summed E-state index contributed by atoms with van der Waals surface area (Å²) in [6.45, 7) is 0.169. The Balaban J connectivity index is 1.46. The molecule has 0 unspecified atom stereocenters. The normalized spacial score (nSPS) is 12.9. The standard InChI is InChI=1S/C26H25NO5/c1-30-24-14-8-3-9-17(24)15-23(25(28)31-2)27-26(29)32-16-22-20-12-6-4-10-18(20)19-11-5-7-13-21(19)22/h3-14,22-23H,15-16H2,1-2H3,(H,27,29)/t23-/m0/s1. The molecule has 0 radical (unpaired) electrons. The van der Waals surface area contributed by atoms with Gasteiger partial charge in [0.05, 0.1) is 14.2 Å². The van der Waals surface area contributed by atoms with Gasteiger partial charge in [0.2, 0.25) is 0 Å². The molecule has 0 fully saturated rings. The van der Waals surface area contributed by atoms with Crippen molar-refractivity contribution in [2.75, 3.05) is 20.8 Å². The molecule has 1 aliphatic carbocycles. The zero-order valence-electron chi connectivity index (χ0n) is 18.0. The fraction of sp³-hybridized carbons (Fsp3) is 0.231. The average molecular weight is 431 g/mol. The van der Waals surface area contributed by atoms with Gasteiger partial charge in [-0.25, -0.2) is 9.59 Å². The largest absolute Gasteiger partial charge is 0.496 e. The maximum atomic E-state index is 12.6. The number of para-hydroxylation sites is 1. The summed E-state index contributed by atoms with van der Waals surface area (Å²) in [6, 6.07) is 22.7. The topological polar surface area (TPSA) is 73.9 Å². The smallest absolute Gasteiger partial charge is 0.407 e. The number of ether oxygens (including phenoxy) is 3. The van der Waals surface area contributed by atoms with Gasteiger partial charge in [-0.1, -0.05) is 66.7 Å². The van der Waals surface area contributed by atoms with Crippen LogP contribution in [0.2, 0.25) is 0 Å². The van der Waals surface area contributed by atoms with Crippen molar-refractivity contribution in [2.24, 2.45) is 0 Å². The molecule has 32 heavy (non-hydrogen) atoms. The monoisotopic (exact) mass is 431 g/mol. The van der Waals surface area contributed by atoms with E-state index in [1.807, 2.05) is 42.5 Å². The van der Waals surface area contributed by atoms with Gasteiger partial charge >= 0.3 is 12.1 Å². The highest BCUT2D eigenvalue weighted by Crippen LogP contribution is 2.44. The molecule has 4 rings (SSSR count). The molecule has 3 aromatic carbocycles. The zero-order chi connectivity index (χ0) is 22.5. The molecule has 0 aliphatic heterocycles. The highest BCUT2D eigenvalue weighted by Gasteiger charge is 2.30. The van der Waals surface area contributed by atoms with Gasteiger partial charge in [0.15, 0.2) is 0 Å². The summed E-state index contributed by atoms with van der Waals surface area (Å²) in [7, 11) is 2.85. The summed E-state index contributed by atoms with van der Waals surface area (Å²) in [6.07, 6.45) is -0.446. The number of esters is 1. The fourth-order valence-corrected chi connectivity index (χ4v) is 4.21. The van der Waals surface area contributed by atoms with Crippen molar-refractivity contribution in [3.63, 3.8) is 0 Å². The molecule has 0 spiro atoms. The Morgan fingerprint density at radius 2 is 1.47 bits per heavy atom. The van der Waals surface area contributed by atoms with Gasteiger partial charge in [-0.15, -0.1) is 0 Å². The van der Waals surface area contributed by atoms with Gasteiger partial charge in [-0.2, -0.15) is 0 Å². The van der Waals surface area contributed by atoms with E-state index in [1.165, 1.54) is 7.11 Å². The van der Waals surface area contributed by atoms with E-state index < -0.39 is 18.1 Å². The van der Waals surface area contributed by atoms with Crippen LogP contribution in [0.15, 0.2) is 72.8 Å². The Bertz CT molecular complexity index is 1080. The summed E-state index contributed by atoms with van der Waals surface area (Å²) < 4.78 is 15.8. The first kappa shape index (κ1) is 21.4. The van der Waals surface area contributed by atoms with Crippen molar-refractivity contribution in [3.05, 3.63) is 89.5 Å². The molecule has 1 N–H and O–H groups in total. The molecule has 6 heteroatoms. The molecular formula is C26H25NO5. The van der Waals surface area contributed by atoms with E-state index in [0.717, 1.165) is 27.8 Å². The van der Waals surface area contributed by atoms with Gasteiger partial charge in [0, 0.05) is 12.3 Å². The van der Waals surface area contributed by atoms with Crippen LogP contribution in [-0.4, -0.2) is 38.9 Å². The highest BCUT2D eigenvalue weighted by atomic mass is 16.6. The highest BCUT2D eigenvalue weighted by molar-refractivity contribution is 5.82. The molecular weight excluding hydrogens is 406 g/mol. The molecule has 1 atom stereocenters. The Labute approximate surface area is 187 Å². The lowest BCUT2D eigenvalue weighted by molar-refractivity contribution is -0.143. The average Bonchev–Trinajstić information content (AvgIpc) is 3.16. The van der Waals surface area contributed by atoms with Crippen LogP contribution in [0.25, 0.3) is 11.1 Å². The number of carbonyl (C=O) groups is 2. The number of alkyl carbamates (subject to hydrolysis) is 1. The molecule has 1 amide bonds. The van der Waals surface area contributed by atoms with Crippen LogP contribution in [0.3, 0.4) is 0 Å². The third kappa shape index (κ3) is 4.30. The van der Waals surface area contributed by atoms with Crippen molar-refractivity contribution < 1.29 is 23.8 Å². The Hall–Kier alpha value is -3.80. The predicted molar refractivity (Wildman–Crippen MR) is 121 cm³/mol. The third-order valence-corrected chi connectivity index (χ3v) is 5.74. The van der Waals surface area contributed by atoms with Crippen LogP contribution in [0, 0.1) is 0 Å². The molecule has 3 aromatic rings. The van der Waals surface area contributed by atoms with Crippen LogP contribution < -0.4 is 10.1 Å². The first-order valence-electron chi connectivity index (χ1n) is 10.4. The second-order valence-electron chi connectivity index (χ2n) is 7.56. The number of fused-ring (bicyclic) bond motifs is 3. The quantitative estimate of drug-likeness (QED) is 0.564. The summed E-state index contributed by atoms with van der Waals surface area (Å²) in [5.41, 5.74) is 5.34. The van der Waals surface area contributed by atoms with Gasteiger partial charge in [-0.3, -0.25) is 0 Å². The second kappa shape index (κ2) is 9.56. The number of hydrogen-bond acceptors (Lipinski definition) is 5. The van der Waals surface area contributed by atoms with Crippen LogP contribution in [0.5, 0.6) is 5.75 Å². The van der Waals surface area contributed by atoms with E-state index in [1.54, 1.807) is 13.2 Å². The molecule has 0 saturated carbocycles. The number of hydrogen-bond donors (Lipinski definition) is 1. The van der Waals surface area contributed by atoms with Crippen molar-refractivity contribution in [3.8, 4) is 16.9 Å². The van der Waals surface area contributed by atoms with E-state index in [2.05, 4.69) is 29.6 Å². The maximum Gasteiger partial charge on any atom is 0.407 e. The van der Waals surface area contributed by atoms with Gasteiger partial charge < -0.3 is 19.5 Å². The Morgan fingerprint density at radius 1 is 0.875 bits per heavy atom. The van der Waals surface area contributed by atoms with E-state index in [4.69, 9.17) is 14.2 Å². The van der Waals surface area contributed by atoms with Crippen LogP contribution in [-0.2, 0) is 20.7 Å². The molecule has 0 saturated heterocycles. The van der Waals surface area contributed by atoms with Crippen molar-refractivity contribution >= 4 is 12.1 Å². The number of nitrogens with one attached hydrogen (secondary N) is 1. The molecule has 1 aliphatic rings. The predicted octanol–water partition coefficient (Wildman–Crippen LogP) is 4.32. The van der Waals surface area contributed by atoms with Gasteiger partial charge in [0.25, 0.3) is 0 Å². The van der Waals surface area contributed by atoms with Crippen molar-refractivity contribution in [2.45, 2.75) is 18.4 Å². The minimum absolute atomic E-state index is 0.0565. The van der Waals surface area contributed by atoms with Crippen LogP contribution in [0.1, 0.15) is 22.6 Å².